The molecule has 0 aliphatic carbocycles. The van der Waals surface area contributed by atoms with E-state index in [1.54, 1.807) is 0 Å². The maximum absolute atomic E-state index is 11.6. The number of amides is 1. The number of nitrogens with zero attached hydrogens (tertiary/aromatic N) is 1. The summed E-state index contributed by atoms with van der Waals surface area (Å²) in [4.78, 5) is 21.7. The third-order valence-electron chi connectivity index (χ3n) is 2.04. The molecule has 0 radical (unpaired) electrons. The van der Waals surface area contributed by atoms with Crippen molar-refractivity contribution < 1.29 is 14.8 Å². The lowest BCUT2D eigenvalue weighted by Gasteiger charge is -2.12. The van der Waals surface area contributed by atoms with Gasteiger partial charge in [-0.25, -0.2) is 0 Å². The van der Waals surface area contributed by atoms with E-state index < -0.39 is 4.92 Å². The topological polar surface area (TPSA) is 92.5 Å². The van der Waals surface area contributed by atoms with Crippen LogP contribution >= 0.6 is 11.3 Å². The summed E-state index contributed by atoms with van der Waals surface area (Å²) in [5.41, 5.74) is 0. The van der Waals surface area contributed by atoms with E-state index in [9.17, 15) is 14.9 Å². The van der Waals surface area contributed by atoms with Gasteiger partial charge < -0.3 is 10.4 Å². The van der Waals surface area contributed by atoms with Crippen molar-refractivity contribution in [1.29, 1.82) is 0 Å². The van der Waals surface area contributed by atoms with Gasteiger partial charge in [-0.1, -0.05) is 18.3 Å². The van der Waals surface area contributed by atoms with Crippen LogP contribution in [0.1, 0.15) is 23.0 Å². The van der Waals surface area contributed by atoms with Gasteiger partial charge in [0.1, 0.15) is 0 Å². The summed E-state index contributed by atoms with van der Waals surface area (Å²) in [6, 6.07) is 2.38. The van der Waals surface area contributed by atoms with Gasteiger partial charge in [-0.2, -0.15) is 0 Å². The predicted molar refractivity (Wildman–Crippen MR) is 59.6 cm³/mol. The molecule has 0 bridgehead atoms. The minimum Gasteiger partial charge on any atom is -0.394 e. The zero-order valence-corrected chi connectivity index (χ0v) is 9.49. The van der Waals surface area contributed by atoms with Crippen molar-refractivity contribution in [3.05, 3.63) is 27.1 Å². The highest BCUT2D eigenvalue weighted by Crippen LogP contribution is 2.23. The number of thiophene rings is 1. The fourth-order valence-corrected chi connectivity index (χ4v) is 1.80. The molecule has 1 aromatic heterocycles. The average molecular weight is 244 g/mol. The Labute approximate surface area is 96.1 Å². The van der Waals surface area contributed by atoms with E-state index in [1.165, 1.54) is 12.1 Å². The molecule has 6 nitrogen and oxygen atoms in total. The lowest BCUT2D eigenvalue weighted by molar-refractivity contribution is -0.380. The molecule has 1 unspecified atom stereocenters. The van der Waals surface area contributed by atoms with Gasteiger partial charge in [0, 0.05) is 6.07 Å². The first kappa shape index (κ1) is 12.6. The molecule has 1 aromatic rings. The molecule has 0 aromatic carbocycles. The third kappa shape index (κ3) is 3.01. The average Bonchev–Trinajstić information content (AvgIpc) is 2.74. The second-order valence-corrected chi connectivity index (χ2v) is 4.22. The molecule has 0 saturated carbocycles. The van der Waals surface area contributed by atoms with Crippen molar-refractivity contribution in [2.45, 2.75) is 19.4 Å². The lowest BCUT2D eigenvalue weighted by atomic mass is 10.2. The second kappa shape index (κ2) is 5.57. The molecule has 7 heteroatoms. The lowest BCUT2D eigenvalue weighted by Crippen LogP contribution is -2.36. The zero-order chi connectivity index (χ0) is 12.1. The number of carbonyl (C=O) groups is 1. The highest BCUT2D eigenvalue weighted by Gasteiger charge is 2.17. The minimum absolute atomic E-state index is 0.0674. The van der Waals surface area contributed by atoms with Crippen LogP contribution < -0.4 is 5.32 Å². The van der Waals surface area contributed by atoms with E-state index in [4.69, 9.17) is 5.11 Å². The summed E-state index contributed by atoms with van der Waals surface area (Å²) in [5, 5.41) is 21.8. The summed E-state index contributed by atoms with van der Waals surface area (Å²) < 4.78 is 0. The van der Waals surface area contributed by atoms with Gasteiger partial charge in [0.25, 0.3) is 5.91 Å². The van der Waals surface area contributed by atoms with Gasteiger partial charge in [0.15, 0.2) is 0 Å². The van der Waals surface area contributed by atoms with Crippen LogP contribution in [0.2, 0.25) is 0 Å². The number of aliphatic hydroxyl groups is 1. The van der Waals surface area contributed by atoms with Gasteiger partial charge in [-0.15, -0.1) is 0 Å². The highest BCUT2D eigenvalue weighted by molar-refractivity contribution is 7.17. The second-order valence-electron chi connectivity index (χ2n) is 3.16. The van der Waals surface area contributed by atoms with Crippen molar-refractivity contribution in [3.8, 4) is 0 Å². The van der Waals surface area contributed by atoms with Crippen LogP contribution in [0.4, 0.5) is 5.00 Å². The molecule has 88 valence electrons. The molecule has 0 saturated heterocycles. The molecule has 1 amide bonds. The highest BCUT2D eigenvalue weighted by atomic mass is 32.1. The summed E-state index contributed by atoms with van der Waals surface area (Å²) in [6.45, 7) is 1.69. The van der Waals surface area contributed by atoms with E-state index >= 15 is 0 Å². The van der Waals surface area contributed by atoms with Gasteiger partial charge in [0.2, 0.25) is 0 Å². The first-order chi connectivity index (χ1) is 7.58. The summed E-state index contributed by atoms with van der Waals surface area (Å²) in [6.07, 6.45) is 0.607. The van der Waals surface area contributed by atoms with E-state index in [1.807, 2.05) is 6.92 Å². The molecular weight excluding hydrogens is 232 g/mol. The molecule has 0 fully saturated rings. The number of nitrogens with one attached hydrogen (secondary N) is 1. The molecular formula is C9H12N2O4S. The van der Waals surface area contributed by atoms with Crippen molar-refractivity contribution in [3.63, 3.8) is 0 Å². The predicted octanol–water partition coefficient (Wildman–Crippen LogP) is 1.16. The summed E-state index contributed by atoms with van der Waals surface area (Å²) in [5.74, 6) is -0.390. The maximum Gasteiger partial charge on any atom is 0.324 e. The van der Waals surface area contributed by atoms with Crippen molar-refractivity contribution in [1.82, 2.24) is 5.32 Å². The first-order valence-electron chi connectivity index (χ1n) is 4.74. The van der Waals surface area contributed by atoms with Gasteiger partial charge in [0.05, 0.1) is 22.4 Å². The van der Waals surface area contributed by atoms with Crippen LogP contribution in [0, 0.1) is 10.1 Å². The van der Waals surface area contributed by atoms with Gasteiger partial charge in [-0.3, -0.25) is 14.9 Å². The summed E-state index contributed by atoms with van der Waals surface area (Å²) >= 11 is 0.819. The van der Waals surface area contributed by atoms with Crippen molar-refractivity contribution in [2.75, 3.05) is 6.61 Å². The Morgan fingerprint density at radius 1 is 1.69 bits per heavy atom. The largest absolute Gasteiger partial charge is 0.394 e. The third-order valence-corrected chi connectivity index (χ3v) is 3.08. The fourth-order valence-electron chi connectivity index (χ4n) is 1.08. The monoisotopic (exact) mass is 244 g/mol. The number of carbonyl (C=O) groups excluding carboxylic acids is 1. The Morgan fingerprint density at radius 2 is 2.38 bits per heavy atom. The van der Waals surface area contributed by atoms with Crippen molar-refractivity contribution in [2.24, 2.45) is 0 Å². The number of nitro groups is 1. The normalized spacial score (nSPS) is 12.1. The van der Waals surface area contributed by atoms with Crippen LogP contribution in [0.3, 0.4) is 0 Å². The van der Waals surface area contributed by atoms with Crippen LogP contribution in [0.15, 0.2) is 12.1 Å². The number of aliphatic hydroxyl groups excluding tert-OH is 1. The SMILES string of the molecule is CCC(CO)NC(=O)c1ccc([N+](=O)[O-])s1. The molecule has 2 N–H and O–H groups in total. The molecule has 0 spiro atoms. The van der Waals surface area contributed by atoms with E-state index in [0.717, 1.165) is 11.3 Å². The van der Waals surface area contributed by atoms with Gasteiger partial charge in [-0.05, 0) is 12.5 Å². The number of rotatable bonds is 5. The minimum atomic E-state index is -0.537. The number of hydrogen-bond acceptors (Lipinski definition) is 5. The Bertz CT molecular complexity index is 387. The van der Waals surface area contributed by atoms with E-state index in [0.29, 0.717) is 6.42 Å². The Morgan fingerprint density at radius 3 is 2.81 bits per heavy atom. The van der Waals surface area contributed by atoms with Crippen LogP contribution in [-0.4, -0.2) is 28.6 Å². The van der Waals surface area contributed by atoms with Gasteiger partial charge >= 0.3 is 5.00 Å². The summed E-state index contributed by atoms with van der Waals surface area (Å²) in [7, 11) is 0. The Hall–Kier alpha value is -1.47. The molecule has 1 atom stereocenters. The number of hydrogen-bond donors (Lipinski definition) is 2. The standard InChI is InChI=1S/C9H12N2O4S/c1-2-6(5-12)10-9(13)7-3-4-8(16-7)11(14)15/h3-4,6,12H,2,5H2,1H3,(H,10,13). The first-order valence-corrected chi connectivity index (χ1v) is 5.56. The van der Waals surface area contributed by atoms with E-state index in [2.05, 4.69) is 5.32 Å². The van der Waals surface area contributed by atoms with Crippen LogP contribution in [0.5, 0.6) is 0 Å². The van der Waals surface area contributed by atoms with Crippen LogP contribution in [0.25, 0.3) is 0 Å². The quantitative estimate of drug-likeness (QED) is 0.600. The Kier molecular flexibility index (Phi) is 4.39. The Balaban J connectivity index is 2.69. The smallest absolute Gasteiger partial charge is 0.324 e. The maximum atomic E-state index is 11.6. The fraction of sp³-hybridized carbons (Fsp3) is 0.444. The molecule has 16 heavy (non-hydrogen) atoms. The zero-order valence-electron chi connectivity index (χ0n) is 8.67. The van der Waals surface area contributed by atoms with Crippen LogP contribution in [-0.2, 0) is 0 Å². The van der Waals surface area contributed by atoms with E-state index in [-0.39, 0.29) is 28.4 Å². The van der Waals surface area contributed by atoms with Crippen molar-refractivity contribution >= 4 is 22.2 Å². The molecule has 0 aliphatic heterocycles. The molecule has 1 rings (SSSR count). The molecule has 1 heterocycles. The molecule has 0 aliphatic rings.